The average Bonchev–Trinajstić information content (AvgIpc) is 2.91. The molecule has 0 aliphatic carbocycles. The quantitative estimate of drug-likeness (QED) is 0.0647. The number of carbonyl (C=O) groups is 3. The molecule has 0 aromatic rings. The Balaban J connectivity index is 4.15. The fraction of sp³-hybridized carbons (Fsp3) is 0.667. The first kappa shape index (κ1) is 36.4. The average molecular weight is 546 g/mol. The molecule has 0 heterocycles. The summed E-state index contributed by atoms with van der Waals surface area (Å²) < 4.78 is 5.79. The van der Waals surface area contributed by atoms with E-state index in [1.807, 2.05) is 6.08 Å². The molecule has 39 heavy (non-hydrogen) atoms. The first-order valence-corrected chi connectivity index (χ1v) is 15.3. The van der Waals surface area contributed by atoms with Gasteiger partial charge in [-0.1, -0.05) is 88.5 Å². The van der Waals surface area contributed by atoms with Crippen molar-refractivity contribution in [2.24, 2.45) is 0 Å². The summed E-state index contributed by atoms with van der Waals surface area (Å²) in [5, 5.41) is 11.0. The Hall–Kier alpha value is -2.63. The van der Waals surface area contributed by atoms with Crippen LogP contribution >= 0.6 is 0 Å². The number of carbonyl (C=O) groups excluding carboxylic acids is 2. The van der Waals surface area contributed by atoms with E-state index in [0.29, 0.717) is 12.8 Å². The highest BCUT2D eigenvalue weighted by molar-refractivity contribution is 5.80. The highest BCUT2D eigenvalue weighted by Crippen LogP contribution is 2.14. The van der Waals surface area contributed by atoms with Gasteiger partial charge in [-0.2, -0.15) is 0 Å². The zero-order valence-electron chi connectivity index (χ0n) is 24.7. The second-order valence-corrected chi connectivity index (χ2v) is 9.97. The van der Waals surface area contributed by atoms with Crippen LogP contribution in [0, 0.1) is 0 Å². The van der Waals surface area contributed by atoms with Gasteiger partial charge in [-0.25, -0.2) is 0 Å². The van der Waals surface area contributed by atoms with Crippen molar-refractivity contribution in [3.8, 4) is 0 Å². The maximum absolute atomic E-state index is 12.4. The van der Waals surface area contributed by atoms with Gasteiger partial charge >= 0.3 is 11.9 Å². The summed E-state index contributed by atoms with van der Waals surface area (Å²) in [5.74, 6) is -1.38. The molecule has 0 radical (unpaired) electrons. The maximum Gasteiger partial charge on any atom is 0.322 e. The van der Waals surface area contributed by atoms with Crippen molar-refractivity contribution in [1.29, 1.82) is 0 Å². The van der Waals surface area contributed by atoms with E-state index in [0.717, 1.165) is 89.9 Å². The van der Waals surface area contributed by atoms with E-state index in [1.54, 1.807) is 0 Å². The predicted octanol–water partition coefficient (Wildman–Crippen LogP) is 8.39. The lowest BCUT2D eigenvalue weighted by atomic mass is 10.1. The monoisotopic (exact) mass is 545 g/mol. The number of amides is 1. The number of hydrogen-bond donors (Lipinski definition) is 2. The fourth-order valence-electron chi connectivity index (χ4n) is 3.96. The van der Waals surface area contributed by atoms with Gasteiger partial charge in [0.15, 0.2) is 0 Å². The van der Waals surface area contributed by atoms with E-state index in [-0.39, 0.29) is 24.5 Å². The number of nitrogens with one attached hydrogen (secondary N) is 1. The van der Waals surface area contributed by atoms with Gasteiger partial charge < -0.3 is 15.2 Å². The normalized spacial score (nSPS) is 12.7. The van der Waals surface area contributed by atoms with Gasteiger partial charge in [0, 0.05) is 12.8 Å². The first-order valence-electron chi connectivity index (χ1n) is 15.3. The lowest BCUT2D eigenvalue weighted by Crippen LogP contribution is -2.28. The van der Waals surface area contributed by atoms with Crippen molar-refractivity contribution in [1.82, 2.24) is 5.32 Å². The van der Waals surface area contributed by atoms with Gasteiger partial charge in [0.1, 0.15) is 12.6 Å². The van der Waals surface area contributed by atoms with Crippen LogP contribution < -0.4 is 5.32 Å². The number of carboxylic acids is 1. The zero-order valence-corrected chi connectivity index (χ0v) is 24.7. The topological polar surface area (TPSA) is 92.7 Å². The molecule has 222 valence electrons. The molecule has 0 saturated carbocycles. The molecule has 0 fully saturated rings. The summed E-state index contributed by atoms with van der Waals surface area (Å²) in [6.07, 6.45) is 33.9. The van der Waals surface area contributed by atoms with Crippen LogP contribution in [-0.2, 0) is 19.1 Å². The summed E-state index contributed by atoms with van der Waals surface area (Å²) in [6.45, 7) is 4.00. The number of carboxylic acid groups (broad SMARTS) is 1. The lowest BCUT2D eigenvalue weighted by molar-refractivity contribution is -0.147. The summed E-state index contributed by atoms with van der Waals surface area (Å²) in [5.41, 5.74) is 0. The molecule has 2 N–H and O–H groups in total. The largest absolute Gasteiger partial charge is 0.480 e. The van der Waals surface area contributed by atoms with Gasteiger partial charge in [-0.15, -0.1) is 0 Å². The summed E-state index contributed by atoms with van der Waals surface area (Å²) in [4.78, 5) is 34.5. The van der Waals surface area contributed by atoms with Crippen LogP contribution in [0.15, 0.2) is 48.6 Å². The molecule has 0 bridgehead atoms. The number of aliphatic carboxylic acids is 1. The third kappa shape index (κ3) is 28.2. The summed E-state index contributed by atoms with van der Waals surface area (Å²) >= 11 is 0. The maximum atomic E-state index is 12.4. The fourth-order valence-corrected chi connectivity index (χ4v) is 3.96. The molecule has 1 atom stereocenters. The molecular weight excluding hydrogens is 490 g/mol. The van der Waals surface area contributed by atoms with Crippen LogP contribution in [-0.4, -0.2) is 35.6 Å². The van der Waals surface area contributed by atoms with Crippen LogP contribution in [0.3, 0.4) is 0 Å². The van der Waals surface area contributed by atoms with E-state index >= 15 is 0 Å². The zero-order chi connectivity index (χ0) is 28.8. The van der Waals surface area contributed by atoms with Gasteiger partial charge in [-0.05, 0) is 76.7 Å². The standard InChI is InChI=1S/C33H55NO5/c1-3-5-7-9-10-11-12-13-14-15-16-18-24-28-33(38)39-30(25-21-17-8-6-4-2)26-22-19-20-23-27-31(35)34-29-32(36)37/h5,7,10-11,13-14,21,25,30H,3-4,6,8-9,12,15-20,22-24,26-29H2,1-2H3,(H,34,35)(H,36,37)/b7-5-,11-10-,14-13-,25-21-. The van der Waals surface area contributed by atoms with Crippen LogP contribution in [0.4, 0.5) is 0 Å². The van der Waals surface area contributed by atoms with Crippen LogP contribution in [0.1, 0.15) is 129 Å². The molecule has 0 rings (SSSR count). The molecule has 0 saturated heterocycles. The third-order valence-corrected chi connectivity index (χ3v) is 6.22. The molecule has 1 amide bonds. The molecule has 0 aliphatic heterocycles. The number of rotatable bonds is 26. The predicted molar refractivity (Wildman–Crippen MR) is 162 cm³/mol. The van der Waals surface area contributed by atoms with Crippen LogP contribution in [0.25, 0.3) is 0 Å². The smallest absolute Gasteiger partial charge is 0.322 e. The van der Waals surface area contributed by atoms with E-state index in [9.17, 15) is 14.4 Å². The Bertz CT molecular complexity index is 738. The Morgan fingerprint density at radius 1 is 0.718 bits per heavy atom. The number of allylic oxidation sites excluding steroid dienone is 7. The summed E-state index contributed by atoms with van der Waals surface area (Å²) in [6, 6.07) is 0. The van der Waals surface area contributed by atoms with E-state index in [2.05, 4.69) is 61.7 Å². The number of ether oxygens (including phenoxy) is 1. The van der Waals surface area contributed by atoms with Gasteiger partial charge in [0.2, 0.25) is 5.91 Å². The van der Waals surface area contributed by atoms with E-state index in [1.165, 1.54) is 12.8 Å². The van der Waals surface area contributed by atoms with Crippen LogP contribution in [0.5, 0.6) is 0 Å². The molecule has 0 spiro atoms. The van der Waals surface area contributed by atoms with Gasteiger partial charge in [-0.3, -0.25) is 14.4 Å². The molecule has 6 heteroatoms. The van der Waals surface area contributed by atoms with Crippen molar-refractivity contribution in [3.05, 3.63) is 48.6 Å². The number of hydrogen-bond acceptors (Lipinski definition) is 4. The minimum Gasteiger partial charge on any atom is -0.480 e. The molecule has 1 unspecified atom stereocenters. The Labute approximate surface area is 238 Å². The molecule has 0 aliphatic rings. The first-order chi connectivity index (χ1) is 19.0. The third-order valence-electron chi connectivity index (χ3n) is 6.22. The van der Waals surface area contributed by atoms with E-state index < -0.39 is 5.97 Å². The lowest BCUT2D eigenvalue weighted by Gasteiger charge is -2.15. The highest BCUT2D eigenvalue weighted by atomic mass is 16.5. The van der Waals surface area contributed by atoms with Gasteiger partial charge in [0.05, 0.1) is 0 Å². The molecule has 6 nitrogen and oxygen atoms in total. The SMILES string of the molecule is CC/C=C\C/C=C\C/C=C\CCCCCC(=O)OC(/C=C\CCCCC)CCCCCCC(=O)NCC(=O)O. The number of unbranched alkanes of at least 4 members (excludes halogenated alkanes) is 9. The second-order valence-electron chi connectivity index (χ2n) is 9.97. The minimum absolute atomic E-state index is 0.119. The minimum atomic E-state index is -1.03. The molecular formula is C33H55NO5. The second kappa shape index (κ2) is 28.4. The Morgan fingerprint density at radius 2 is 1.33 bits per heavy atom. The van der Waals surface area contributed by atoms with Crippen molar-refractivity contribution >= 4 is 17.8 Å². The molecule has 0 aromatic heterocycles. The van der Waals surface area contributed by atoms with Crippen LogP contribution in [0.2, 0.25) is 0 Å². The Morgan fingerprint density at radius 3 is 2.05 bits per heavy atom. The van der Waals surface area contributed by atoms with Crippen molar-refractivity contribution in [2.75, 3.05) is 6.54 Å². The van der Waals surface area contributed by atoms with Crippen molar-refractivity contribution in [3.63, 3.8) is 0 Å². The van der Waals surface area contributed by atoms with Gasteiger partial charge in [0.25, 0.3) is 0 Å². The summed E-state index contributed by atoms with van der Waals surface area (Å²) in [7, 11) is 0. The molecule has 0 aromatic carbocycles. The van der Waals surface area contributed by atoms with Crippen molar-refractivity contribution < 1.29 is 24.2 Å². The van der Waals surface area contributed by atoms with Crippen molar-refractivity contribution in [2.45, 2.75) is 136 Å². The van der Waals surface area contributed by atoms with E-state index in [4.69, 9.17) is 9.84 Å². The number of esters is 1. The highest BCUT2D eigenvalue weighted by Gasteiger charge is 2.11. The Kier molecular flexibility index (Phi) is 26.5.